The molecule has 0 fully saturated rings. The molecule has 182 valence electrons. The van der Waals surface area contributed by atoms with Gasteiger partial charge in [0.25, 0.3) is 0 Å². The zero-order valence-corrected chi connectivity index (χ0v) is 21.4. The van der Waals surface area contributed by atoms with Crippen LogP contribution in [0.5, 0.6) is 0 Å². The molecule has 4 heterocycles. The molecule has 0 amide bonds. The van der Waals surface area contributed by atoms with Crippen LogP contribution in [0.4, 0.5) is 8.78 Å². The standard InChI is InChI=1S/C14H9FN4.C13H9FIN3/c15-12-6-2-1-4-10(12)9-19-14-11(5-3-7-17-14)13(8-16)18-19;14-11-6-2-1-4-9(11)8-18-13-10(12(15)17-18)5-3-7-16-13/h1-7H,9H2;1-7H,8H2. The van der Waals surface area contributed by atoms with Gasteiger partial charge in [-0.1, -0.05) is 36.4 Å². The minimum atomic E-state index is -0.291. The number of nitriles is 1. The minimum absolute atomic E-state index is 0.216. The van der Waals surface area contributed by atoms with Crippen molar-refractivity contribution < 1.29 is 8.78 Å². The molecule has 0 aliphatic carbocycles. The van der Waals surface area contributed by atoms with Crippen molar-refractivity contribution in [3.05, 3.63) is 117 Å². The predicted octanol–water partition coefficient (Wildman–Crippen LogP) is 5.71. The van der Waals surface area contributed by atoms with Gasteiger partial charge < -0.3 is 0 Å². The molecule has 0 atom stereocenters. The van der Waals surface area contributed by atoms with E-state index in [4.69, 9.17) is 5.26 Å². The Morgan fingerprint density at radius 1 is 0.703 bits per heavy atom. The number of aromatic nitrogens is 6. The lowest BCUT2D eigenvalue weighted by molar-refractivity contribution is 0.588. The van der Waals surface area contributed by atoms with Crippen LogP contribution in [-0.4, -0.2) is 29.5 Å². The summed E-state index contributed by atoms with van der Waals surface area (Å²) in [5.41, 5.74) is 2.80. The van der Waals surface area contributed by atoms with E-state index in [2.05, 4.69) is 42.8 Å². The fourth-order valence-electron chi connectivity index (χ4n) is 3.86. The molecule has 6 aromatic rings. The molecule has 0 aliphatic rings. The van der Waals surface area contributed by atoms with Crippen molar-refractivity contribution >= 4 is 44.7 Å². The maximum Gasteiger partial charge on any atom is 0.172 e. The quantitative estimate of drug-likeness (QED) is 0.240. The van der Waals surface area contributed by atoms with Gasteiger partial charge in [-0.25, -0.2) is 28.1 Å². The highest BCUT2D eigenvalue weighted by molar-refractivity contribution is 14.1. The van der Waals surface area contributed by atoms with Crippen molar-refractivity contribution in [2.45, 2.75) is 13.1 Å². The highest BCUT2D eigenvalue weighted by Crippen LogP contribution is 2.20. The molecule has 0 unspecified atom stereocenters. The lowest BCUT2D eigenvalue weighted by Crippen LogP contribution is -2.04. The zero-order valence-electron chi connectivity index (χ0n) is 19.3. The van der Waals surface area contributed by atoms with E-state index in [-0.39, 0.29) is 18.2 Å². The van der Waals surface area contributed by atoms with Crippen molar-refractivity contribution in [3.8, 4) is 6.07 Å². The molecule has 0 N–H and O–H groups in total. The summed E-state index contributed by atoms with van der Waals surface area (Å²) in [4.78, 5) is 8.50. The van der Waals surface area contributed by atoms with Gasteiger partial charge in [-0.3, -0.25) is 0 Å². The van der Waals surface area contributed by atoms with E-state index in [1.54, 1.807) is 64.2 Å². The van der Waals surface area contributed by atoms with E-state index in [0.717, 1.165) is 14.7 Å². The zero-order chi connectivity index (χ0) is 25.8. The average molecular weight is 605 g/mol. The fraction of sp³-hybridized carbons (Fsp3) is 0.0741. The van der Waals surface area contributed by atoms with E-state index in [0.29, 0.717) is 34.4 Å². The van der Waals surface area contributed by atoms with Gasteiger partial charge in [0.15, 0.2) is 17.0 Å². The van der Waals surface area contributed by atoms with Crippen LogP contribution in [0.2, 0.25) is 0 Å². The van der Waals surface area contributed by atoms with Crippen molar-refractivity contribution in [1.29, 1.82) is 5.26 Å². The molecule has 6 rings (SSSR count). The number of pyridine rings is 2. The maximum atomic E-state index is 13.6. The van der Waals surface area contributed by atoms with E-state index in [1.165, 1.54) is 12.1 Å². The van der Waals surface area contributed by atoms with Crippen LogP contribution in [0.25, 0.3) is 22.1 Å². The number of halogens is 3. The molecule has 4 aromatic heterocycles. The van der Waals surface area contributed by atoms with Crippen LogP contribution in [0, 0.1) is 26.7 Å². The van der Waals surface area contributed by atoms with E-state index < -0.39 is 0 Å². The van der Waals surface area contributed by atoms with Gasteiger partial charge in [-0.15, -0.1) is 0 Å². The number of hydrogen-bond donors (Lipinski definition) is 0. The Morgan fingerprint density at radius 2 is 1.22 bits per heavy atom. The molecule has 0 radical (unpaired) electrons. The van der Waals surface area contributed by atoms with Gasteiger partial charge in [0.1, 0.15) is 21.4 Å². The van der Waals surface area contributed by atoms with E-state index in [9.17, 15) is 8.78 Å². The van der Waals surface area contributed by atoms with Crippen molar-refractivity contribution in [2.24, 2.45) is 0 Å². The second kappa shape index (κ2) is 10.8. The highest BCUT2D eigenvalue weighted by Gasteiger charge is 2.13. The number of rotatable bonds is 4. The molecule has 0 saturated heterocycles. The summed E-state index contributed by atoms with van der Waals surface area (Å²) in [5, 5.41) is 19.3. The summed E-state index contributed by atoms with van der Waals surface area (Å²) in [6, 6.07) is 22.6. The molecule has 0 bridgehead atoms. The Bertz CT molecular complexity index is 1750. The third-order valence-corrected chi connectivity index (χ3v) is 6.43. The third kappa shape index (κ3) is 5.17. The summed E-state index contributed by atoms with van der Waals surface area (Å²) in [5.74, 6) is -0.507. The maximum absolute atomic E-state index is 13.6. The summed E-state index contributed by atoms with van der Waals surface area (Å²) in [7, 11) is 0. The monoisotopic (exact) mass is 605 g/mol. The van der Waals surface area contributed by atoms with Crippen LogP contribution in [0.15, 0.2) is 85.2 Å². The molecular weight excluding hydrogens is 587 g/mol. The predicted molar refractivity (Wildman–Crippen MR) is 143 cm³/mol. The average Bonchev–Trinajstić information content (AvgIpc) is 3.44. The second-order valence-electron chi connectivity index (χ2n) is 8.00. The van der Waals surface area contributed by atoms with E-state index >= 15 is 0 Å². The molecular formula is C27H18F2IN7. The molecule has 10 heteroatoms. The van der Waals surface area contributed by atoms with Gasteiger partial charge in [0.05, 0.1) is 23.9 Å². The Balaban J connectivity index is 0.000000152. The summed E-state index contributed by atoms with van der Waals surface area (Å²) in [6.45, 7) is 0.644. The molecule has 2 aromatic carbocycles. The van der Waals surface area contributed by atoms with Crippen LogP contribution in [-0.2, 0) is 13.1 Å². The lowest BCUT2D eigenvalue weighted by atomic mass is 10.2. The first kappa shape index (κ1) is 24.5. The molecule has 7 nitrogen and oxygen atoms in total. The molecule has 37 heavy (non-hydrogen) atoms. The summed E-state index contributed by atoms with van der Waals surface area (Å²) in [6.07, 6.45) is 3.35. The molecule has 0 spiro atoms. The first-order valence-electron chi connectivity index (χ1n) is 11.2. The summed E-state index contributed by atoms with van der Waals surface area (Å²) >= 11 is 2.16. The Morgan fingerprint density at radius 3 is 1.78 bits per heavy atom. The second-order valence-corrected chi connectivity index (χ2v) is 9.02. The van der Waals surface area contributed by atoms with Gasteiger partial charge >= 0.3 is 0 Å². The van der Waals surface area contributed by atoms with Gasteiger partial charge in [0.2, 0.25) is 0 Å². The number of nitrogens with zero attached hydrogens (tertiary/aromatic N) is 7. The number of benzene rings is 2. The SMILES string of the molecule is Fc1ccccc1Cn1nc(I)c2cccnc21.N#Cc1nn(Cc2ccccc2F)c2ncccc12. The Labute approximate surface area is 224 Å². The summed E-state index contributed by atoms with van der Waals surface area (Å²) < 4.78 is 31.4. The lowest BCUT2D eigenvalue weighted by Gasteiger charge is -2.04. The van der Waals surface area contributed by atoms with Gasteiger partial charge in [0, 0.05) is 23.5 Å². The highest BCUT2D eigenvalue weighted by atomic mass is 127. The first-order chi connectivity index (χ1) is 18.0. The number of hydrogen-bond acceptors (Lipinski definition) is 5. The molecule has 0 aliphatic heterocycles. The largest absolute Gasteiger partial charge is 0.242 e. The normalized spacial score (nSPS) is 10.8. The van der Waals surface area contributed by atoms with Crippen molar-refractivity contribution in [3.63, 3.8) is 0 Å². The van der Waals surface area contributed by atoms with Crippen molar-refractivity contribution in [2.75, 3.05) is 0 Å². The number of fused-ring (bicyclic) bond motifs is 2. The van der Waals surface area contributed by atoms with Crippen LogP contribution in [0.3, 0.4) is 0 Å². The van der Waals surface area contributed by atoms with Gasteiger partial charge in [-0.2, -0.15) is 15.5 Å². The topological polar surface area (TPSA) is 85.2 Å². The van der Waals surface area contributed by atoms with Crippen LogP contribution >= 0.6 is 22.6 Å². The molecule has 0 saturated carbocycles. The van der Waals surface area contributed by atoms with Crippen LogP contribution < -0.4 is 0 Å². The van der Waals surface area contributed by atoms with Gasteiger partial charge in [-0.05, 0) is 59.0 Å². The van der Waals surface area contributed by atoms with Crippen molar-refractivity contribution in [1.82, 2.24) is 29.5 Å². The third-order valence-electron chi connectivity index (χ3n) is 5.63. The van der Waals surface area contributed by atoms with Crippen LogP contribution in [0.1, 0.15) is 16.8 Å². The Kier molecular flexibility index (Phi) is 7.14. The minimum Gasteiger partial charge on any atom is -0.242 e. The fourth-order valence-corrected chi connectivity index (χ4v) is 4.54. The smallest absolute Gasteiger partial charge is 0.172 e. The van der Waals surface area contributed by atoms with E-state index in [1.807, 2.05) is 24.3 Å². The first-order valence-corrected chi connectivity index (χ1v) is 12.3. The Hall–Kier alpha value is -4.24.